The molecule has 1 unspecified atom stereocenters. The molecule has 3 nitrogen and oxygen atoms in total. The van der Waals surface area contributed by atoms with Gasteiger partial charge < -0.3 is 15.0 Å². The van der Waals surface area contributed by atoms with Crippen molar-refractivity contribution >= 4 is 0 Å². The summed E-state index contributed by atoms with van der Waals surface area (Å²) in [4.78, 5) is 2.64. The highest BCUT2D eigenvalue weighted by Crippen LogP contribution is 2.29. The lowest BCUT2D eigenvalue weighted by Crippen LogP contribution is -2.41. The van der Waals surface area contributed by atoms with Crippen LogP contribution >= 0.6 is 0 Å². The topological polar surface area (TPSA) is 24.5 Å². The zero-order chi connectivity index (χ0) is 13.6. The highest BCUT2D eigenvalue weighted by Gasteiger charge is 2.28. The molecule has 3 heteroatoms. The standard InChI is InChI=1S/C16H32N2O/c1-3-9-18-10-4-5-15(6-11-18)17-14-16(2)7-12-19-13-8-16/h15,17H,3-14H2,1-2H3. The molecular formula is C16H32N2O. The Morgan fingerprint density at radius 2 is 2.00 bits per heavy atom. The maximum atomic E-state index is 5.48. The second kappa shape index (κ2) is 7.61. The van der Waals surface area contributed by atoms with Crippen LogP contribution in [-0.4, -0.2) is 50.3 Å². The SMILES string of the molecule is CCCN1CCCC(NCC2(C)CCOCC2)CC1. The monoisotopic (exact) mass is 268 g/mol. The van der Waals surface area contributed by atoms with E-state index in [9.17, 15) is 0 Å². The van der Waals surface area contributed by atoms with Crippen molar-refractivity contribution in [3.8, 4) is 0 Å². The summed E-state index contributed by atoms with van der Waals surface area (Å²) >= 11 is 0. The van der Waals surface area contributed by atoms with Crippen LogP contribution in [0.5, 0.6) is 0 Å². The minimum Gasteiger partial charge on any atom is -0.381 e. The molecule has 112 valence electrons. The van der Waals surface area contributed by atoms with E-state index < -0.39 is 0 Å². The maximum absolute atomic E-state index is 5.48. The first kappa shape index (κ1) is 15.3. The van der Waals surface area contributed by atoms with E-state index in [1.54, 1.807) is 0 Å². The van der Waals surface area contributed by atoms with Gasteiger partial charge in [0.15, 0.2) is 0 Å². The van der Waals surface area contributed by atoms with Gasteiger partial charge in [-0.05, 0) is 63.6 Å². The summed E-state index contributed by atoms with van der Waals surface area (Å²) in [6.45, 7) is 11.6. The zero-order valence-corrected chi connectivity index (χ0v) is 12.9. The number of nitrogens with one attached hydrogen (secondary N) is 1. The van der Waals surface area contributed by atoms with E-state index in [1.165, 1.54) is 64.7 Å². The van der Waals surface area contributed by atoms with Gasteiger partial charge in [-0.15, -0.1) is 0 Å². The van der Waals surface area contributed by atoms with Gasteiger partial charge in [-0.1, -0.05) is 13.8 Å². The fourth-order valence-corrected chi connectivity index (χ4v) is 3.33. The fourth-order valence-electron chi connectivity index (χ4n) is 3.33. The van der Waals surface area contributed by atoms with E-state index in [0.717, 1.165) is 19.3 Å². The van der Waals surface area contributed by atoms with Gasteiger partial charge in [0.2, 0.25) is 0 Å². The molecule has 0 saturated carbocycles. The average molecular weight is 268 g/mol. The third-order valence-corrected chi connectivity index (χ3v) is 4.88. The van der Waals surface area contributed by atoms with Gasteiger partial charge in [0.25, 0.3) is 0 Å². The molecular weight excluding hydrogens is 236 g/mol. The summed E-state index contributed by atoms with van der Waals surface area (Å²) in [5.41, 5.74) is 0.466. The minimum atomic E-state index is 0.466. The lowest BCUT2D eigenvalue weighted by molar-refractivity contribution is 0.0226. The Hall–Kier alpha value is -0.120. The van der Waals surface area contributed by atoms with Crippen molar-refractivity contribution in [2.24, 2.45) is 5.41 Å². The molecule has 2 aliphatic rings. The molecule has 0 aromatic rings. The Kier molecular flexibility index (Phi) is 6.11. The van der Waals surface area contributed by atoms with Crippen LogP contribution in [0.25, 0.3) is 0 Å². The molecule has 1 N–H and O–H groups in total. The highest BCUT2D eigenvalue weighted by atomic mass is 16.5. The molecule has 2 aliphatic heterocycles. The maximum Gasteiger partial charge on any atom is 0.0471 e. The largest absolute Gasteiger partial charge is 0.381 e. The molecule has 0 bridgehead atoms. The van der Waals surface area contributed by atoms with Crippen molar-refractivity contribution < 1.29 is 4.74 Å². The van der Waals surface area contributed by atoms with Crippen molar-refractivity contribution in [2.75, 3.05) is 39.4 Å². The number of rotatable bonds is 5. The Morgan fingerprint density at radius 3 is 2.74 bits per heavy atom. The van der Waals surface area contributed by atoms with E-state index in [1.807, 2.05) is 0 Å². The number of nitrogens with zero attached hydrogens (tertiary/aromatic N) is 1. The van der Waals surface area contributed by atoms with Crippen LogP contribution in [0.2, 0.25) is 0 Å². The molecule has 2 saturated heterocycles. The molecule has 1 atom stereocenters. The fraction of sp³-hybridized carbons (Fsp3) is 1.00. The minimum absolute atomic E-state index is 0.466. The Balaban J connectivity index is 1.70. The molecule has 0 amide bonds. The molecule has 0 radical (unpaired) electrons. The van der Waals surface area contributed by atoms with Crippen molar-refractivity contribution in [1.29, 1.82) is 0 Å². The summed E-state index contributed by atoms with van der Waals surface area (Å²) in [6, 6.07) is 0.738. The van der Waals surface area contributed by atoms with Crippen LogP contribution in [0.15, 0.2) is 0 Å². The van der Waals surface area contributed by atoms with E-state index in [2.05, 4.69) is 24.1 Å². The van der Waals surface area contributed by atoms with Crippen LogP contribution < -0.4 is 5.32 Å². The molecule has 0 spiro atoms. The first-order chi connectivity index (χ1) is 9.22. The molecule has 0 aliphatic carbocycles. The zero-order valence-electron chi connectivity index (χ0n) is 12.9. The van der Waals surface area contributed by atoms with Crippen molar-refractivity contribution in [3.63, 3.8) is 0 Å². The lowest BCUT2D eigenvalue weighted by atomic mass is 9.82. The van der Waals surface area contributed by atoms with E-state index in [0.29, 0.717) is 5.41 Å². The Morgan fingerprint density at radius 1 is 1.21 bits per heavy atom. The summed E-state index contributed by atoms with van der Waals surface area (Å²) in [7, 11) is 0. The third kappa shape index (κ3) is 5.05. The molecule has 2 fully saturated rings. The van der Waals surface area contributed by atoms with Gasteiger partial charge in [0.1, 0.15) is 0 Å². The van der Waals surface area contributed by atoms with Crippen molar-refractivity contribution in [1.82, 2.24) is 10.2 Å². The molecule has 0 aromatic heterocycles. The van der Waals surface area contributed by atoms with Crippen LogP contribution in [0.1, 0.15) is 52.4 Å². The third-order valence-electron chi connectivity index (χ3n) is 4.88. The first-order valence-electron chi connectivity index (χ1n) is 8.25. The molecule has 2 rings (SSSR count). The van der Waals surface area contributed by atoms with Crippen molar-refractivity contribution in [3.05, 3.63) is 0 Å². The highest BCUT2D eigenvalue weighted by molar-refractivity contribution is 4.83. The van der Waals surface area contributed by atoms with Gasteiger partial charge >= 0.3 is 0 Å². The molecule has 0 aromatic carbocycles. The summed E-state index contributed by atoms with van der Waals surface area (Å²) in [5, 5.41) is 3.85. The van der Waals surface area contributed by atoms with Crippen LogP contribution in [0.4, 0.5) is 0 Å². The van der Waals surface area contributed by atoms with Gasteiger partial charge in [-0.2, -0.15) is 0 Å². The van der Waals surface area contributed by atoms with E-state index in [-0.39, 0.29) is 0 Å². The summed E-state index contributed by atoms with van der Waals surface area (Å²) < 4.78 is 5.48. The van der Waals surface area contributed by atoms with Crippen LogP contribution in [0, 0.1) is 5.41 Å². The first-order valence-corrected chi connectivity index (χ1v) is 8.25. The van der Waals surface area contributed by atoms with Gasteiger partial charge in [0, 0.05) is 25.8 Å². The average Bonchev–Trinajstić information content (AvgIpc) is 2.64. The van der Waals surface area contributed by atoms with Gasteiger partial charge in [0.05, 0.1) is 0 Å². The summed E-state index contributed by atoms with van der Waals surface area (Å²) in [6.07, 6.45) is 7.76. The molecule has 19 heavy (non-hydrogen) atoms. The Bertz CT molecular complexity index is 251. The Labute approximate surface area is 119 Å². The lowest BCUT2D eigenvalue weighted by Gasteiger charge is -2.35. The second-order valence-electron chi connectivity index (χ2n) is 6.77. The predicted octanol–water partition coefficient (Wildman–Crippen LogP) is 2.66. The van der Waals surface area contributed by atoms with Crippen LogP contribution in [-0.2, 0) is 4.74 Å². The smallest absolute Gasteiger partial charge is 0.0471 e. The van der Waals surface area contributed by atoms with Crippen molar-refractivity contribution in [2.45, 2.75) is 58.4 Å². The number of ether oxygens (including phenoxy) is 1. The van der Waals surface area contributed by atoms with Gasteiger partial charge in [-0.3, -0.25) is 0 Å². The normalized spacial score (nSPS) is 29.1. The second-order valence-corrected chi connectivity index (χ2v) is 6.77. The quantitative estimate of drug-likeness (QED) is 0.829. The number of likely N-dealkylation sites (tertiary alicyclic amines) is 1. The molecule has 2 heterocycles. The predicted molar refractivity (Wildman–Crippen MR) is 80.5 cm³/mol. The number of hydrogen-bond acceptors (Lipinski definition) is 3. The number of hydrogen-bond donors (Lipinski definition) is 1. The van der Waals surface area contributed by atoms with E-state index in [4.69, 9.17) is 4.74 Å². The van der Waals surface area contributed by atoms with Gasteiger partial charge in [-0.25, -0.2) is 0 Å². The van der Waals surface area contributed by atoms with E-state index >= 15 is 0 Å². The summed E-state index contributed by atoms with van der Waals surface area (Å²) in [5.74, 6) is 0. The van der Waals surface area contributed by atoms with Crippen LogP contribution in [0.3, 0.4) is 0 Å².